The van der Waals surface area contributed by atoms with E-state index in [9.17, 15) is 0 Å². The lowest BCUT2D eigenvalue weighted by atomic mass is 10.1. The Morgan fingerprint density at radius 3 is 2.78 bits per heavy atom. The maximum absolute atomic E-state index is 8.92. The number of rotatable bonds is 4. The van der Waals surface area contributed by atoms with Gasteiger partial charge in [-0.3, -0.25) is 0 Å². The number of aromatic nitrogens is 2. The molecule has 2 aromatic rings. The Labute approximate surface area is 108 Å². The van der Waals surface area contributed by atoms with Crippen LogP contribution in [0.1, 0.15) is 38.6 Å². The Kier molecular flexibility index (Phi) is 3.66. The predicted molar refractivity (Wildman–Crippen MR) is 73.3 cm³/mol. The van der Waals surface area contributed by atoms with Crippen LogP contribution < -0.4 is 0 Å². The second-order valence-electron chi connectivity index (χ2n) is 5.02. The minimum atomic E-state index is 0.679. The van der Waals surface area contributed by atoms with Gasteiger partial charge in [0, 0.05) is 13.0 Å². The zero-order valence-electron chi connectivity index (χ0n) is 11.3. The van der Waals surface area contributed by atoms with Gasteiger partial charge in [-0.15, -0.1) is 0 Å². The Morgan fingerprint density at radius 2 is 2.17 bits per heavy atom. The highest BCUT2D eigenvalue weighted by Crippen LogP contribution is 2.19. The lowest BCUT2D eigenvalue weighted by molar-refractivity contribution is 0.561. The molecule has 18 heavy (non-hydrogen) atoms. The van der Waals surface area contributed by atoms with Crippen molar-refractivity contribution in [2.75, 3.05) is 0 Å². The molecular formula is C15H19N3. The molecule has 0 atom stereocenters. The zero-order valence-corrected chi connectivity index (χ0v) is 11.3. The molecule has 0 saturated heterocycles. The van der Waals surface area contributed by atoms with Gasteiger partial charge in [-0.1, -0.05) is 13.8 Å². The number of nitriles is 1. The number of benzene rings is 1. The van der Waals surface area contributed by atoms with Crippen LogP contribution in [0.2, 0.25) is 0 Å². The molecule has 0 amide bonds. The monoisotopic (exact) mass is 241 g/mol. The molecule has 0 radical (unpaired) electrons. The highest BCUT2D eigenvalue weighted by atomic mass is 15.1. The van der Waals surface area contributed by atoms with Crippen molar-refractivity contribution >= 4 is 11.0 Å². The average molecular weight is 241 g/mol. The van der Waals surface area contributed by atoms with E-state index in [0.29, 0.717) is 11.5 Å². The number of imidazole rings is 1. The van der Waals surface area contributed by atoms with E-state index in [1.54, 1.807) is 0 Å². The van der Waals surface area contributed by atoms with Gasteiger partial charge < -0.3 is 4.57 Å². The number of hydrogen-bond acceptors (Lipinski definition) is 2. The van der Waals surface area contributed by atoms with E-state index in [0.717, 1.165) is 36.2 Å². The first-order chi connectivity index (χ1) is 8.65. The number of fused-ring (bicyclic) bond motifs is 1. The van der Waals surface area contributed by atoms with Crippen molar-refractivity contribution in [1.82, 2.24) is 9.55 Å². The molecule has 1 heterocycles. The Balaban J connectivity index is 2.44. The quantitative estimate of drug-likeness (QED) is 0.821. The van der Waals surface area contributed by atoms with Crippen molar-refractivity contribution < 1.29 is 0 Å². The summed E-state index contributed by atoms with van der Waals surface area (Å²) in [6.07, 6.45) is 2.15. The lowest BCUT2D eigenvalue weighted by Crippen LogP contribution is -2.03. The fraction of sp³-hybridized carbons (Fsp3) is 0.467. The van der Waals surface area contributed by atoms with Gasteiger partial charge in [-0.05, 0) is 37.5 Å². The van der Waals surface area contributed by atoms with Crippen molar-refractivity contribution in [3.8, 4) is 6.07 Å². The fourth-order valence-corrected chi connectivity index (χ4v) is 2.21. The summed E-state index contributed by atoms with van der Waals surface area (Å²) in [5.41, 5.74) is 2.75. The molecular weight excluding hydrogens is 222 g/mol. The molecule has 0 fully saturated rings. The molecule has 0 aliphatic carbocycles. The van der Waals surface area contributed by atoms with E-state index in [1.165, 1.54) is 0 Å². The van der Waals surface area contributed by atoms with E-state index in [1.807, 2.05) is 18.2 Å². The normalized spacial score (nSPS) is 11.1. The van der Waals surface area contributed by atoms with Crippen LogP contribution in [0.25, 0.3) is 11.0 Å². The molecule has 0 aliphatic rings. The third-order valence-electron chi connectivity index (χ3n) is 3.22. The first kappa shape index (κ1) is 12.6. The van der Waals surface area contributed by atoms with Crippen LogP contribution in [0, 0.1) is 17.2 Å². The SMILES string of the molecule is CCn1c(CCC(C)C)nc2cc(C#N)ccc21. The third-order valence-corrected chi connectivity index (χ3v) is 3.22. The van der Waals surface area contributed by atoms with Crippen molar-refractivity contribution in [3.05, 3.63) is 29.6 Å². The van der Waals surface area contributed by atoms with E-state index in [2.05, 4.69) is 36.4 Å². The van der Waals surface area contributed by atoms with Crippen LogP contribution in [0.5, 0.6) is 0 Å². The maximum atomic E-state index is 8.92. The predicted octanol–water partition coefficient (Wildman–Crippen LogP) is 3.52. The minimum absolute atomic E-state index is 0.679. The molecule has 3 nitrogen and oxygen atoms in total. The maximum Gasteiger partial charge on any atom is 0.109 e. The Bertz CT molecular complexity index is 588. The van der Waals surface area contributed by atoms with E-state index in [4.69, 9.17) is 5.26 Å². The molecule has 3 heteroatoms. The van der Waals surface area contributed by atoms with E-state index in [-0.39, 0.29) is 0 Å². The lowest BCUT2D eigenvalue weighted by Gasteiger charge is -2.07. The van der Waals surface area contributed by atoms with Crippen molar-refractivity contribution in [2.45, 2.75) is 40.2 Å². The molecule has 94 valence electrons. The topological polar surface area (TPSA) is 41.6 Å². The summed E-state index contributed by atoms with van der Waals surface area (Å²) >= 11 is 0. The largest absolute Gasteiger partial charge is 0.328 e. The molecule has 0 aliphatic heterocycles. The first-order valence-corrected chi connectivity index (χ1v) is 6.55. The minimum Gasteiger partial charge on any atom is -0.328 e. The summed E-state index contributed by atoms with van der Waals surface area (Å²) in [6.45, 7) is 7.52. The van der Waals surface area contributed by atoms with Crippen molar-refractivity contribution in [2.24, 2.45) is 5.92 Å². The molecule has 0 bridgehead atoms. The van der Waals surface area contributed by atoms with Crippen molar-refractivity contribution in [1.29, 1.82) is 5.26 Å². The van der Waals surface area contributed by atoms with Crippen LogP contribution in [-0.2, 0) is 13.0 Å². The van der Waals surface area contributed by atoms with Gasteiger partial charge in [0.05, 0.1) is 22.7 Å². The zero-order chi connectivity index (χ0) is 13.1. The summed E-state index contributed by atoms with van der Waals surface area (Å²) in [4.78, 5) is 4.68. The van der Waals surface area contributed by atoms with Gasteiger partial charge in [-0.2, -0.15) is 5.26 Å². The Hall–Kier alpha value is -1.82. The summed E-state index contributed by atoms with van der Waals surface area (Å²) in [5.74, 6) is 1.82. The van der Waals surface area contributed by atoms with Crippen LogP contribution >= 0.6 is 0 Å². The van der Waals surface area contributed by atoms with Crippen molar-refractivity contribution in [3.63, 3.8) is 0 Å². The smallest absolute Gasteiger partial charge is 0.109 e. The highest BCUT2D eigenvalue weighted by Gasteiger charge is 2.10. The Morgan fingerprint density at radius 1 is 1.39 bits per heavy atom. The van der Waals surface area contributed by atoms with Gasteiger partial charge in [0.15, 0.2) is 0 Å². The van der Waals surface area contributed by atoms with Crippen LogP contribution in [-0.4, -0.2) is 9.55 Å². The summed E-state index contributed by atoms with van der Waals surface area (Å²) in [7, 11) is 0. The molecule has 0 spiro atoms. The summed E-state index contributed by atoms with van der Waals surface area (Å²) < 4.78 is 2.25. The number of aryl methyl sites for hydroxylation is 2. The number of nitrogens with zero attached hydrogens (tertiary/aromatic N) is 3. The number of hydrogen-bond donors (Lipinski definition) is 0. The average Bonchev–Trinajstić information content (AvgIpc) is 2.72. The highest BCUT2D eigenvalue weighted by molar-refractivity contribution is 5.77. The molecule has 1 aromatic heterocycles. The van der Waals surface area contributed by atoms with Crippen LogP contribution in [0.4, 0.5) is 0 Å². The molecule has 0 saturated carbocycles. The summed E-state index contributed by atoms with van der Waals surface area (Å²) in [6, 6.07) is 7.91. The molecule has 2 rings (SSSR count). The second kappa shape index (κ2) is 5.22. The molecule has 0 N–H and O–H groups in total. The van der Waals surface area contributed by atoms with Gasteiger partial charge in [-0.25, -0.2) is 4.98 Å². The fourth-order valence-electron chi connectivity index (χ4n) is 2.21. The molecule has 0 unspecified atom stereocenters. The first-order valence-electron chi connectivity index (χ1n) is 6.55. The van der Waals surface area contributed by atoms with E-state index < -0.39 is 0 Å². The third kappa shape index (κ3) is 2.38. The van der Waals surface area contributed by atoms with Crippen LogP contribution in [0.15, 0.2) is 18.2 Å². The van der Waals surface area contributed by atoms with Crippen LogP contribution in [0.3, 0.4) is 0 Å². The van der Waals surface area contributed by atoms with E-state index >= 15 is 0 Å². The standard InChI is InChI=1S/C15H19N3/c1-4-18-14-7-6-12(10-16)9-13(14)17-15(18)8-5-11(2)3/h6-7,9,11H,4-5,8H2,1-3H3. The van der Waals surface area contributed by atoms with Gasteiger partial charge in [0.25, 0.3) is 0 Å². The molecule has 1 aromatic carbocycles. The van der Waals surface area contributed by atoms with Gasteiger partial charge >= 0.3 is 0 Å². The van der Waals surface area contributed by atoms with Gasteiger partial charge in [0.1, 0.15) is 5.82 Å². The summed E-state index contributed by atoms with van der Waals surface area (Å²) in [5, 5.41) is 8.92. The second-order valence-corrected chi connectivity index (χ2v) is 5.02. The van der Waals surface area contributed by atoms with Gasteiger partial charge in [0.2, 0.25) is 0 Å².